The Kier molecular flexibility index (Phi) is 3.55. The molecule has 2 heterocycles. The molecular formula is C14H9N3O8. The molecule has 1 fully saturated rings. The van der Waals surface area contributed by atoms with Crippen molar-refractivity contribution in [3.63, 3.8) is 0 Å². The first-order valence-corrected chi connectivity index (χ1v) is 7.00. The number of hydrogen-bond donors (Lipinski definition) is 1. The highest BCUT2D eigenvalue weighted by molar-refractivity contribution is 6.25. The largest absolute Gasteiger partial charge is 0.464 e. The van der Waals surface area contributed by atoms with Crippen molar-refractivity contribution in [2.45, 2.75) is 18.9 Å². The van der Waals surface area contributed by atoms with Gasteiger partial charge in [0.05, 0.1) is 10.5 Å². The third kappa shape index (κ3) is 2.24. The van der Waals surface area contributed by atoms with E-state index in [1.54, 1.807) is 0 Å². The number of piperidine rings is 1. The number of amides is 5. The summed E-state index contributed by atoms with van der Waals surface area (Å²) in [6, 6.07) is 1.96. The lowest BCUT2D eigenvalue weighted by Gasteiger charge is -2.31. The molecule has 11 nitrogen and oxygen atoms in total. The van der Waals surface area contributed by atoms with Gasteiger partial charge in [0.15, 0.2) is 0 Å². The molecule has 0 radical (unpaired) electrons. The second-order valence-corrected chi connectivity index (χ2v) is 5.34. The summed E-state index contributed by atoms with van der Waals surface area (Å²) in [6.07, 6.45) is -2.43. The molecule has 1 saturated heterocycles. The lowest BCUT2D eigenvalue weighted by molar-refractivity contribution is -0.385. The van der Waals surface area contributed by atoms with Crippen LogP contribution < -0.4 is 0 Å². The molecule has 0 saturated carbocycles. The molecule has 1 unspecified atom stereocenters. The SMILES string of the molecule is O=C(O)N1C(=O)CCC(N2C(=O)c3cccc([N+](=O)[O-])c3C2=O)C1=O. The molecule has 1 atom stereocenters. The summed E-state index contributed by atoms with van der Waals surface area (Å²) in [5.74, 6) is -4.20. The minimum Gasteiger partial charge on any atom is -0.464 e. The van der Waals surface area contributed by atoms with Gasteiger partial charge in [-0.1, -0.05) is 6.07 Å². The predicted octanol–water partition coefficient (Wildman–Crippen LogP) is 0.386. The Morgan fingerprint density at radius 1 is 1.20 bits per heavy atom. The van der Waals surface area contributed by atoms with Crippen LogP contribution in [0.1, 0.15) is 33.6 Å². The summed E-state index contributed by atoms with van der Waals surface area (Å²) in [6.45, 7) is 0. The summed E-state index contributed by atoms with van der Waals surface area (Å²) in [5, 5.41) is 20.0. The number of rotatable bonds is 2. The molecule has 1 aromatic carbocycles. The average molecular weight is 347 g/mol. The number of imide groups is 4. The van der Waals surface area contributed by atoms with Gasteiger partial charge in [0.1, 0.15) is 11.6 Å². The number of benzene rings is 1. The molecule has 0 bridgehead atoms. The van der Waals surface area contributed by atoms with Gasteiger partial charge in [-0.2, -0.15) is 4.90 Å². The van der Waals surface area contributed by atoms with E-state index in [1.165, 1.54) is 12.1 Å². The lowest BCUT2D eigenvalue weighted by atomic mass is 10.0. The molecule has 0 aliphatic carbocycles. The second-order valence-electron chi connectivity index (χ2n) is 5.34. The van der Waals surface area contributed by atoms with Crippen LogP contribution in [0.15, 0.2) is 18.2 Å². The first-order chi connectivity index (χ1) is 11.8. The van der Waals surface area contributed by atoms with Crippen LogP contribution in [-0.2, 0) is 9.59 Å². The highest BCUT2D eigenvalue weighted by Gasteiger charge is 2.50. The Balaban J connectivity index is 2.04. The van der Waals surface area contributed by atoms with Gasteiger partial charge < -0.3 is 5.11 Å². The maximum atomic E-state index is 12.5. The van der Waals surface area contributed by atoms with Crippen molar-refractivity contribution < 1.29 is 34.0 Å². The topological polar surface area (TPSA) is 155 Å². The predicted molar refractivity (Wildman–Crippen MR) is 76.5 cm³/mol. The number of carboxylic acid groups (broad SMARTS) is 1. The van der Waals surface area contributed by atoms with Crippen LogP contribution in [0.25, 0.3) is 0 Å². The molecule has 2 aliphatic rings. The molecule has 5 amide bonds. The quantitative estimate of drug-likeness (QED) is 0.457. The monoisotopic (exact) mass is 347 g/mol. The smallest absolute Gasteiger partial charge is 0.421 e. The van der Waals surface area contributed by atoms with Crippen molar-refractivity contribution in [2.24, 2.45) is 0 Å². The van der Waals surface area contributed by atoms with Gasteiger partial charge >= 0.3 is 6.09 Å². The molecule has 2 aliphatic heterocycles. The lowest BCUT2D eigenvalue weighted by Crippen LogP contribution is -2.57. The third-order valence-corrected chi connectivity index (χ3v) is 4.01. The van der Waals surface area contributed by atoms with Crippen LogP contribution in [0.2, 0.25) is 0 Å². The van der Waals surface area contributed by atoms with Gasteiger partial charge in [0.25, 0.3) is 23.4 Å². The van der Waals surface area contributed by atoms with E-state index in [0.29, 0.717) is 4.90 Å². The van der Waals surface area contributed by atoms with E-state index in [9.17, 15) is 34.1 Å². The highest BCUT2D eigenvalue weighted by Crippen LogP contribution is 2.34. The zero-order chi connectivity index (χ0) is 18.5. The fraction of sp³-hybridized carbons (Fsp3) is 0.214. The van der Waals surface area contributed by atoms with Crippen molar-refractivity contribution in [3.05, 3.63) is 39.4 Å². The van der Waals surface area contributed by atoms with Crippen LogP contribution in [0, 0.1) is 10.1 Å². The minimum atomic E-state index is -1.82. The zero-order valence-electron chi connectivity index (χ0n) is 12.4. The van der Waals surface area contributed by atoms with Crippen LogP contribution in [0.5, 0.6) is 0 Å². The number of nitrogens with zero attached hydrogens (tertiary/aromatic N) is 3. The van der Waals surface area contributed by atoms with Crippen LogP contribution in [0.4, 0.5) is 10.5 Å². The van der Waals surface area contributed by atoms with Gasteiger partial charge in [-0.15, -0.1) is 0 Å². The van der Waals surface area contributed by atoms with E-state index in [1.807, 2.05) is 0 Å². The second kappa shape index (κ2) is 5.47. The summed E-state index contributed by atoms with van der Waals surface area (Å²) in [4.78, 5) is 70.6. The molecule has 3 rings (SSSR count). The minimum absolute atomic E-state index is 0.0495. The van der Waals surface area contributed by atoms with Crippen molar-refractivity contribution in [1.82, 2.24) is 9.80 Å². The van der Waals surface area contributed by atoms with E-state index >= 15 is 0 Å². The maximum Gasteiger partial charge on any atom is 0.421 e. The van der Waals surface area contributed by atoms with E-state index in [0.717, 1.165) is 6.07 Å². The number of nitro groups is 1. The maximum absolute atomic E-state index is 12.5. The number of fused-ring (bicyclic) bond motifs is 1. The zero-order valence-corrected chi connectivity index (χ0v) is 12.4. The van der Waals surface area contributed by atoms with Crippen LogP contribution in [0.3, 0.4) is 0 Å². The standard InChI is InChI=1S/C14H9N3O8/c18-9-5-4-8(12(20)16(9)14(22)23)15-11(19)6-2-1-3-7(17(24)25)10(6)13(15)21/h1-3,8H,4-5H2,(H,22,23). The Hall–Kier alpha value is -3.63. The Morgan fingerprint density at radius 2 is 1.88 bits per heavy atom. The fourth-order valence-electron chi connectivity index (χ4n) is 2.93. The molecule has 11 heteroatoms. The number of carbonyl (C=O) groups is 5. The van der Waals surface area contributed by atoms with Crippen molar-refractivity contribution in [3.8, 4) is 0 Å². The van der Waals surface area contributed by atoms with Gasteiger partial charge in [-0.05, 0) is 12.5 Å². The molecule has 1 aromatic rings. The number of hydrogen-bond acceptors (Lipinski definition) is 7. The summed E-state index contributed by atoms with van der Waals surface area (Å²) in [7, 11) is 0. The van der Waals surface area contributed by atoms with Crippen LogP contribution in [-0.4, -0.2) is 55.6 Å². The van der Waals surface area contributed by atoms with Crippen molar-refractivity contribution >= 4 is 35.4 Å². The number of carbonyl (C=O) groups excluding carboxylic acids is 4. The van der Waals surface area contributed by atoms with Gasteiger partial charge in [-0.3, -0.25) is 34.2 Å². The van der Waals surface area contributed by atoms with Gasteiger partial charge in [0, 0.05) is 12.5 Å². The molecule has 128 valence electrons. The summed E-state index contributed by atoms with van der Waals surface area (Å²) in [5.41, 5.74) is -1.29. The molecular weight excluding hydrogens is 338 g/mol. The summed E-state index contributed by atoms with van der Waals surface area (Å²) >= 11 is 0. The molecule has 1 N–H and O–H groups in total. The average Bonchev–Trinajstić information content (AvgIpc) is 2.79. The Bertz CT molecular complexity index is 877. The van der Waals surface area contributed by atoms with Crippen molar-refractivity contribution in [2.75, 3.05) is 0 Å². The van der Waals surface area contributed by atoms with E-state index in [2.05, 4.69) is 0 Å². The summed E-state index contributed by atoms with van der Waals surface area (Å²) < 4.78 is 0. The molecule has 25 heavy (non-hydrogen) atoms. The van der Waals surface area contributed by atoms with Gasteiger partial charge in [0.2, 0.25) is 5.91 Å². The first-order valence-electron chi connectivity index (χ1n) is 7.00. The Labute approximate surface area is 138 Å². The van der Waals surface area contributed by atoms with E-state index < -0.39 is 51.9 Å². The Morgan fingerprint density at radius 3 is 2.48 bits per heavy atom. The highest BCUT2D eigenvalue weighted by atomic mass is 16.6. The van der Waals surface area contributed by atoms with E-state index in [4.69, 9.17) is 5.11 Å². The molecule has 0 spiro atoms. The molecule has 0 aromatic heterocycles. The van der Waals surface area contributed by atoms with Crippen molar-refractivity contribution in [1.29, 1.82) is 0 Å². The fourth-order valence-corrected chi connectivity index (χ4v) is 2.93. The normalized spacial score (nSPS) is 20.1. The van der Waals surface area contributed by atoms with Gasteiger partial charge in [-0.25, -0.2) is 4.79 Å². The number of nitro benzene ring substituents is 1. The first kappa shape index (κ1) is 16.2. The number of likely N-dealkylation sites (tertiary alicyclic amines) is 1. The van der Waals surface area contributed by atoms with Crippen LogP contribution >= 0.6 is 0 Å². The third-order valence-electron chi connectivity index (χ3n) is 4.01. The van der Waals surface area contributed by atoms with E-state index in [-0.39, 0.29) is 23.3 Å².